The minimum absolute atomic E-state index is 0.297. The third-order valence-corrected chi connectivity index (χ3v) is 1.73. The van der Waals surface area contributed by atoms with E-state index in [2.05, 4.69) is 17.4 Å². The molecule has 0 aliphatic carbocycles. The van der Waals surface area contributed by atoms with Crippen LogP contribution in [-0.4, -0.2) is 23.9 Å². The summed E-state index contributed by atoms with van der Waals surface area (Å²) in [5, 5.41) is 0. The van der Waals surface area contributed by atoms with E-state index >= 15 is 0 Å². The monoisotopic (exact) mass is 163 g/mol. The number of nitrogens with two attached hydrogens (primary N) is 1. The van der Waals surface area contributed by atoms with E-state index < -0.39 is 11.5 Å². The van der Waals surface area contributed by atoms with Crippen molar-refractivity contribution in [1.82, 2.24) is 0 Å². The standard InChI is InChI=1S/C6H13NO2S/c1-3-9-5(8)6(2,7)4-10/h10H,3-4,7H2,1-2H3/t6-/m0/s1. The first-order valence-corrected chi connectivity index (χ1v) is 3.74. The molecule has 0 amide bonds. The first kappa shape index (κ1) is 9.78. The molecule has 4 heteroatoms. The molecule has 0 aromatic heterocycles. The zero-order valence-corrected chi connectivity index (χ0v) is 7.15. The summed E-state index contributed by atoms with van der Waals surface area (Å²) in [4.78, 5) is 10.9. The maximum absolute atomic E-state index is 10.9. The number of hydrogen-bond donors (Lipinski definition) is 2. The maximum Gasteiger partial charge on any atom is 0.326 e. The topological polar surface area (TPSA) is 52.3 Å². The Labute approximate surface area is 66.3 Å². The quantitative estimate of drug-likeness (QED) is 0.461. The highest BCUT2D eigenvalue weighted by atomic mass is 32.1. The molecule has 0 rings (SSSR count). The largest absolute Gasteiger partial charge is 0.465 e. The Morgan fingerprint density at radius 1 is 1.80 bits per heavy atom. The Kier molecular flexibility index (Phi) is 3.75. The number of esters is 1. The predicted octanol–water partition coefficient (Wildman–Crippen LogP) is 0.197. The van der Waals surface area contributed by atoms with Crippen LogP contribution in [0, 0.1) is 0 Å². The normalized spacial score (nSPS) is 16.0. The summed E-state index contributed by atoms with van der Waals surface area (Å²) in [6.45, 7) is 3.70. The average Bonchev–Trinajstić information content (AvgIpc) is 1.89. The molecule has 0 aromatic carbocycles. The molecule has 2 N–H and O–H groups in total. The summed E-state index contributed by atoms with van der Waals surface area (Å²) in [5.74, 6) is -0.101. The smallest absolute Gasteiger partial charge is 0.326 e. The Morgan fingerprint density at radius 2 is 2.30 bits per heavy atom. The lowest BCUT2D eigenvalue weighted by molar-refractivity contribution is -0.148. The molecule has 0 radical (unpaired) electrons. The van der Waals surface area contributed by atoms with Crippen LogP contribution in [0.3, 0.4) is 0 Å². The van der Waals surface area contributed by atoms with Crippen LogP contribution in [0.15, 0.2) is 0 Å². The summed E-state index contributed by atoms with van der Waals surface area (Å²) >= 11 is 3.91. The van der Waals surface area contributed by atoms with Crippen molar-refractivity contribution in [3.63, 3.8) is 0 Å². The second-order valence-electron chi connectivity index (χ2n) is 2.30. The Balaban J connectivity index is 3.91. The molecule has 1 atom stereocenters. The van der Waals surface area contributed by atoms with E-state index in [4.69, 9.17) is 5.73 Å². The Hall–Kier alpha value is -0.220. The molecule has 0 spiro atoms. The van der Waals surface area contributed by atoms with Crippen molar-refractivity contribution < 1.29 is 9.53 Å². The molecule has 0 aliphatic rings. The molecule has 3 nitrogen and oxygen atoms in total. The molecule has 0 saturated heterocycles. The van der Waals surface area contributed by atoms with E-state index in [1.54, 1.807) is 13.8 Å². The molecule has 0 heterocycles. The van der Waals surface area contributed by atoms with Crippen molar-refractivity contribution in [2.24, 2.45) is 5.73 Å². The van der Waals surface area contributed by atoms with Crippen molar-refractivity contribution in [3.8, 4) is 0 Å². The van der Waals surface area contributed by atoms with Crippen molar-refractivity contribution in [1.29, 1.82) is 0 Å². The highest BCUT2D eigenvalue weighted by Gasteiger charge is 2.27. The molecule has 60 valence electrons. The van der Waals surface area contributed by atoms with Gasteiger partial charge < -0.3 is 10.5 Å². The molecule has 10 heavy (non-hydrogen) atoms. The van der Waals surface area contributed by atoms with E-state index in [9.17, 15) is 4.79 Å². The van der Waals surface area contributed by atoms with Gasteiger partial charge >= 0.3 is 5.97 Å². The predicted molar refractivity (Wildman–Crippen MR) is 43.1 cm³/mol. The average molecular weight is 163 g/mol. The van der Waals surface area contributed by atoms with E-state index in [1.165, 1.54) is 0 Å². The molecule has 0 aliphatic heterocycles. The van der Waals surface area contributed by atoms with Gasteiger partial charge in [-0.1, -0.05) is 0 Å². The molecule has 0 aromatic rings. The SMILES string of the molecule is CCOC(=O)[C@@](C)(N)CS. The van der Waals surface area contributed by atoms with Crippen LogP contribution in [-0.2, 0) is 9.53 Å². The summed E-state index contributed by atoms with van der Waals surface area (Å²) in [7, 11) is 0. The van der Waals surface area contributed by atoms with E-state index in [1.807, 2.05) is 0 Å². The van der Waals surface area contributed by atoms with E-state index in [0.717, 1.165) is 0 Å². The summed E-state index contributed by atoms with van der Waals surface area (Å²) in [6.07, 6.45) is 0. The molecule has 0 bridgehead atoms. The van der Waals surface area contributed by atoms with Crippen molar-refractivity contribution in [2.45, 2.75) is 19.4 Å². The summed E-state index contributed by atoms with van der Waals surface area (Å²) in [6, 6.07) is 0. The molecular weight excluding hydrogens is 150 g/mol. The first-order valence-electron chi connectivity index (χ1n) is 3.11. The minimum atomic E-state index is -0.945. The van der Waals surface area contributed by atoms with Gasteiger partial charge in [-0.05, 0) is 13.8 Å². The maximum atomic E-state index is 10.9. The number of rotatable bonds is 3. The van der Waals surface area contributed by atoms with Crippen LogP contribution in [0.25, 0.3) is 0 Å². The van der Waals surface area contributed by atoms with Crippen LogP contribution in [0.1, 0.15) is 13.8 Å². The van der Waals surface area contributed by atoms with Crippen molar-refractivity contribution >= 4 is 18.6 Å². The molecule has 0 unspecified atom stereocenters. The molecule has 0 fully saturated rings. The van der Waals surface area contributed by atoms with Crippen LogP contribution in [0.4, 0.5) is 0 Å². The fourth-order valence-electron chi connectivity index (χ4n) is 0.361. The van der Waals surface area contributed by atoms with Gasteiger partial charge in [0, 0.05) is 5.75 Å². The first-order chi connectivity index (χ1) is 4.54. The zero-order chi connectivity index (χ0) is 8.20. The van der Waals surface area contributed by atoms with Crippen LogP contribution < -0.4 is 5.73 Å². The van der Waals surface area contributed by atoms with Crippen LogP contribution in [0.2, 0.25) is 0 Å². The third kappa shape index (κ3) is 2.58. The van der Waals surface area contributed by atoms with Crippen molar-refractivity contribution in [3.05, 3.63) is 0 Å². The second-order valence-corrected chi connectivity index (χ2v) is 2.61. The fourth-order valence-corrected chi connectivity index (χ4v) is 0.490. The highest BCUT2D eigenvalue weighted by Crippen LogP contribution is 2.03. The van der Waals surface area contributed by atoms with Gasteiger partial charge in [0.25, 0.3) is 0 Å². The van der Waals surface area contributed by atoms with Crippen LogP contribution in [0.5, 0.6) is 0 Å². The number of ether oxygens (including phenoxy) is 1. The van der Waals surface area contributed by atoms with Crippen molar-refractivity contribution in [2.75, 3.05) is 12.4 Å². The van der Waals surface area contributed by atoms with Gasteiger partial charge in [0.1, 0.15) is 5.54 Å². The summed E-state index contributed by atoms with van der Waals surface area (Å²) in [5.41, 5.74) is 4.55. The highest BCUT2D eigenvalue weighted by molar-refractivity contribution is 7.80. The fraction of sp³-hybridized carbons (Fsp3) is 0.833. The van der Waals surface area contributed by atoms with Gasteiger partial charge in [-0.15, -0.1) is 0 Å². The second kappa shape index (κ2) is 3.83. The summed E-state index contributed by atoms with van der Waals surface area (Å²) < 4.78 is 4.68. The lowest BCUT2D eigenvalue weighted by Crippen LogP contribution is -2.47. The van der Waals surface area contributed by atoms with E-state index in [-0.39, 0.29) is 0 Å². The Bertz CT molecular complexity index is 125. The lowest BCUT2D eigenvalue weighted by atomic mass is 10.1. The van der Waals surface area contributed by atoms with Gasteiger partial charge in [0.2, 0.25) is 0 Å². The van der Waals surface area contributed by atoms with Gasteiger partial charge in [-0.25, -0.2) is 0 Å². The Morgan fingerprint density at radius 3 is 2.60 bits per heavy atom. The molecular formula is C6H13NO2S. The molecule has 0 saturated carbocycles. The number of hydrogen-bond acceptors (Lipinski definition) is 4. The minimum Gasteiger partial charge on any atom is -0.465 e. The van der Waals surface area contributed by atoms with Crippen LogP contribution >= 0.6 is 12.6 Å². The van der Waals surface area contributed by atoms with Gasteiger partial charge in [-0.3, -0.25) is 4.79 Å². The number of thiol groups is 1. The third-order valence-electron chi connectivity index (χ3n) is 1.07. The zero-order valence-electron chi connectivity index (χ0n) is 6.26. The lowest BCUT2D eigenvalue weighted by Gasteiger charge is -2.18. The van der Waals surface area contributed by atoms with E-state index in [0.29, 0.717) is 12.4 Å². The van der Waals surface area contributed by atoms with Gasteiger partial charge in [0.05, 0.1) is 6.61 Å². The number of carbonyl (C=O) groups excluding carboxylic acids is 1. The number of carbonyl (C=O) groups is 1. The van der Waals surface area contributed by atoms with Gasteiger partial charge in [-0.2, -0.15) is 12.6 Å². The van der Waals surface area contributed by atoms with Gasteiger partial charge in [0.15, 0.2) is 0 Å².